The lowest BCUT2D eigenvalue weighted by Crippen LogP contribution is -2.48. The van der Waals surface area contributed by atoms with Crippen LogP contribution >= 0.6 is 0 Å². The van der Waals surface area contributed by atoms with E-state index in [2.05, 4.69) is 20.6 Å². The molecule has 2 N–H and O–H groups in total. The quantitative estimate of drug-likeness (QED) is 0.529. The first-order valence-electron chi connectivity index (χ1n) is 11.8. The minimum atomic E-state index is -3.55. The van der Waals surface area contributed by atoms with Crippen LogP contribution in [-0.2, 0) is 9.53 Å². The fourth-order valence-corrected chi connectivity index (χ4v) is 4.53. The fourth-order valence-electron chi connectivity index (χ4n) is 4.53. The topological polar surface area (TPSA) is 109 Å². The first kappa shape index (κ1) is 25.5. The normalized spacial score (nSPS) is 17.5. The van der Waals surface area contributed by atoms with Crippen LogP contribution < -0.4 is 25.2 Å². The molecule has 1 fully saturated rings. The van der Waals surface area contributed by atoms with E-state index < -0.39 is 18.4 Å². The van der Waals surface area contributed by atoms with Crippen LogP contribution in [0.25, 0.3) is 0 Å². The molecule has 1 saturated carbocycles. The number of nitrogens with one attached hydrogen (secondary N) is 2. The Morgan fingerprint density at radius 1 is 1.25 bits per heavy atom. The lowest BCUT2D eigenvalue weighted by atomic mass is 10.1. The molecule has 0 saturated heterocycles. The van der Waals surface area contributed by atoms with Crippen molar-refractivity contribution in [3.63, 3.8) is 0 Å². The van der Waals surface area contributed by atoms with Gasteiger partial charge in [-0.25, -0.2) is 4.98 Å². The van der Waals surface area contributed by atoms with Crippen LogP contribution in [-0.4, -0.2) is 74.7 Å². The number of aromatic nitrogens is 2. The van der Waals surface area contributed by atoms with Crippen LogP contribution in [0, 0.1) is 0 Å². The summed E-state index contributed by atoms with van der Waals surface area (Å²) in [6.07, 6.45) is 4.75. The molecule has 1 aromatic heterocycles. The summed E-state index contributed by atoms with van der Waals surface area (Å²) in [5.74, 6) is -4.30. The van der Waals surface area contributed by atoms with Crippen LogP contribution in [0.3, 0.4) is 0 Å². The minimum absolute atomic E-state index is 0.137. The smallest absolute Gasteiger partial charge is 0.342 e. The zero-order chi connectivity index (χ0) is 25.9. The zero-order valence-corrected chi connectivity index (χ0v) is 20.5. The monoisotopic (exact) mass is 504 g/mol. The molecule has 1 aromatic carbocycles. The van der Waals surface area contributed by atoms with Gasteiger partial charge in [-0.3, -0.25) is 9.59 Å². The Morgan fingerprint density at radius 2 is 2.00 bits per heavy atom. The molecule has 12 heteroatoms. The van der Waals surface area contributed by atoms with Crippen molar-refractivity contribution in [2.45, 2.75) is 37.6 Å². The van der Waals surface area contributed by atoms with Crippen LogP contribution in [0.15, 0.2) is 24.4 Å². The van der Waals surface area contributed by atoms with Gasteiger partial charge in [-0.15, -0.1) is 0 Å². The van der Waals surface area contributed by atoms with Gasteiger partial charge in [0.2, 0.25) is 5.95 Å². The second kappa shape index (κ2) is 10.6. The molecule has 1 aliphatic carbocycles. The summed E-state index contributed by atoms with van der Waals surface area (Å²) in [4.78, 5) is 36.1. The van der Waals surface area contributed by atoms with E-state index in [4.69, 9.17) is 9.47 Å². The first-order chi connectivity index (χ1) is 17.2. The number of fused-ring (bicyclic) bond motifs is 1. The third-order valence-corrected chi connectivity index (χ3v) is 6.44. The molecule has 36 heavy (non-hydrogen) atoms. The summed E-state index contributed by atoms with van der Waals surface area (Å²) in [6, 6.07) is 4.71. The minimum Gasteiger partial charge on any atom is -0.495 e. The number of hydrogen-bond donors (Lipinski definition) is 2. The van der Waals surface area contributed by atoms with Gasteiger partial charge in [0.1, 0.15) is 11.4 Å². The summed E-state index contributed by atoms with van der Waals surface area (Å²) in [7, 11) is 4.33. The molecule has 0 atom stereocenters. The number of alkyl halides is 2. The van der Waals surface area contributed by atoms with E-state index >= 15 is 0 Å². The van der Waals surface area contributed by atoms with Gasteiger partial charge in [0, 0.05) is 32.3 Å². The molecule has 4 rings (SSSR count). The summed E-state index contributed by atoms with van der Waals surface area (Å²) >= 11 is 0. The largest absolute Gasteiger partial charge is 0.495 e. The zero-order valence-electron chi connectivity index (χ0n) is 20.5. The Balaban J connectivity index is 1.64. The van der Waals surface area contributed by atoms with E-state index in [0.29, 0.717) is 30.2 Å². The van der Waals surface area contributed by atoms with E-state index in [1.807, 2.05) is 0 Å². The Bertz CT molecular complexity index is 1130. The highest BCUT2D eigenvalue weighted by Gasteiger charge is 2.48. The Labute approximate surface area is 208 Å². The Hall–Kier alpha value is -3.54. The molecule has 0 bridgehead atoms. The molecular formula is C24H30F2N6O4. The van der Waals surface area contributed by atoms with Crippen LogP contribution in [0.2, 0.25) is 0 Å². The van der Waals surface area contributed by atoms with Crippen molar-refractivity contribution in [2.24, 2.45) is 0 Å². The number of halogens is 2. The summed E-state index contributed by atoms with van der Waals surface area (Å²) in [6.45, 7) is 0.0252. The molecule has 1 aliphatic heterocycles. The van der Waals surface area contributed by atoms with E-state index in [9.17, 15) is 18.4 Å². The number of anilines is 4. The fraction of sp³-hybridized carbons (Fsp3) is 0.500. The van der Waals surface area contributed by atoms with Gasteiger partial charge in [0.05, 0.1) is 32.1 Å². The molecule has 10 nitrogen and oxygen atoms in total. The van der Waals surface area contributed by atoms with Gasteiger partial charge >= 0.3 is 5.92 Å². The van der Waals surface area contributed by atoms with Gasteiger partial charge in [-0.1, -0.05) is 12.8 Å². The maximum absolute atomic E-state index is 14.8. The first-order valence-corrected chi connectivity index (χ1v) is 11.8. The highest BCUT2D eigenvalue weighted by Crippen LogP contribution is 2.40. The van der Waals surface area contributed by atoms with Crippen LogP contribution in [0.5, 0.6) is 5.75 Å². The molecular weight excluding hydrogens is 474 g/mol. The van der Waals surface area contributed by atoms with Gasteiger partial charge in [-0.05, 0) is 31.0 Å². The number of hydrogen-bond acceptors (Lipinski definition) is 8. The number of ether oxygens (including phenoxy) is 2. The second-order valence-corrected chi connectivity index (χ2v) is 8.83. The molecule has 2 aliphatic rings. The molecule has 2 amide bonds. The van der Waals surface area contributed by atoms with Crippen molar-refractivity contribution in [3.8, 4) is 5.75 Å². The lowest BCUT2D eigenvalue weighted by molar-refractivity contribution is -0.140. The van der Waals surface area contributed by atoms with E-state index in [-0.39, 0.29) is 29.4 Å². The average molecular weight is 505 g/mol. The highest BCUT2D eigenvalue weighted by molar-refractivity contribution is 6.02. The van der Waals surface area contributed by atoms with Gasteiger partial charge in [0.25, 0.3) is 11.8 Å². The number of rotatable bonds is 8. The number of carbonyl (C=O) groups excluding carboxylic acids is 2. The number of amides is 2. The second-order valence-electron chi connectivity index (χ2n) is 8.83. The molecule has 0 spiro atoms. The maximum atomic E-state index is 14.8. The maximum Gasteiger partial charge on any atom is 0.342 e. The summed E-state index contributed by atoms with van der Waals surface area (Å²) in [5.41, 5.74) is 1.11. The van der Waals surface area contributed by atoms with E-state index in [1.54, 1.807) is 30.2 Å². The van der Waals surface area contributed by atoms with Crippen molar-refractivity contribution >= 4 is 35.0 Å². The summed E-state index contributed by atoms with van der Waals surface area (Å²) < 4.78 is 39.9. The van der Waals surface area contributed by atoms with Crippen molar-refractivity contribution < 1.29 is 27.8 Å². The Morgan fingerprint density at radius 3 is 2.69 bits per heavy atom. The molecule has 0 unspecified atom stereocenters. The highest BCUT2D eigenvalue weighted by atomic mass is 19.3. The van der Waals surface area contributed by atoms with Crippen molar-refractivity contribution in [2.75, 3.05) is 56.1 Å². The number of methoxy groups -OCH3 is 2. The molecule has 194 valence electrons. The third-order valence-electron chi connectivity index (χ3n) is 6.44. The Kier molecular flexibility index (Phi) is 7.53. The van der Waals surface area contributed by atoms with Gasteiger partial charge in [0.15, 0.2) is 5.82 Å². The van der Waals surface area contributed by atoms with Gasteiger partial charge < -0.3 is 29.9 Å². The van der Waals surface area contributed by atoms with Crippen molar-refractivity contribution in [1.82, 2.24) is 15.3 Å². The van der Waals surface area contributed by atoms with Crippen LogP contribution in [0.1, 0.15) is 36.0 Å². The number of carbonyl (C=O) groups is 2. The van der Waals surface area contributed by atoms with Crippen LogP contribution in [0.4, 0.5) is 31.9 Å². The average Bonchev–Trinajstić information content (AvgIpc) is 3.39. The van der Waals surface area contributed by atoms with E-state index in [0.717, 1.165) is 30.6 Å². The SMILES string of the molecule is COCCNC(=O)c1ccc(Nc2ncc3c(n2)N(C2CCCC2)CC(F)(F)C(=O)N3C)c(OC)c1. The predicted octanol–water partition coefficient (Wildman–Crippen LogP) is 2.97. The van der Waals surface area contributed by atoms with Crippen molar-refractivity contribution in [3.05, 3.63) is 30.0 Å². The molecule has 2 aromatic rings. The lowest BCUT2D eigenvalue weighted by Gasteiger charge is -2.31. The third kappa shape index (κ3) is 5.18. The molecule has 2 heterocycles. The standard InChI is InChI=1S/C24H30F2N6O4/c1-31-18-13-28-23(29-17-9-8-15(12-19(17)36-3)21(33)27-10-11-35-2)30-20(18)32(16-6-4-5-7-16)14-24(25,26)22(31)34/h8-9,12-13,16H,4-7,10-11,14H2,1-3H3,(H,27,33)(H,28,29,30). The number of benzene rings is 1. The van der Waals surface area contributed by atoms with Crippen molar-refractivity contribution in [1.29, 1.82) is 0 Å². The molecule has 0 radical (unpaired) electrons. The number of nitrogens with zero attached hydrogens (tertiary/aromatic N) is 4. The van der Waals surface area contributed by atoms with Gasteiger partial charge in [-0.2, -0.15) is 13.8 Å². The predicted molar refractivity (Wildman–Crippen MR) is 130 cm³/mol. The van der Waals surface area contributed by atoms with E-state index in [1.165, 1.54) is 20.4 Å². The summed E-state index contributed by atoms with van der Waals surface area (Å²) in [5, 5.41) is 5.80.